The van der Waals surface area contributed by atoms with Crippen molar-refractivity contribution in [1.82, 2.24) is 10.3 Å². The van der Waals surface area contributed by atoms with Crippen LogP contribution in [0.4, 0.5) is 5.82 Å². The highest BCUT2D eigenvalue weighted by molar-refractivity contribution is 5.94. The lowest BCUT2D eigenvalue weighted by atomic mass is 9.78. The molecule has 4 heteroatoms. The Balaban J connectivity index is 1.39. The molecule has 4 rings (SSSR count). The minimum absolute atomic E-state index is 0.0755. The summed E-state index contributed by atoms with van der Waals surface area (Å²) in [5, 5.41) is 3.13. The summed E-state index contributed by atoms with van der Waals surface area (Å²) in [5.74, 6) is 4.79. The maximum absolute atomic E-state index is 12.4. The van der Waals surface area contributed by atoms with E-state index in [9.17, 15) is 4.79 Å². The highest BCUT2D eigenvalue weighted by Gasteiger charge is 2.44. The van der Waals surface area contributed by atoms with E-state index < -0.39 is 0 Å². The van der Waals surface area contributed by atoms with Crippen LogP contribution in [0.1, 0.15) is 54.6 Å². The number of nitrogens with one attached hydrogen (secondary N) is 1. The van der Waals surface area contributed by atoms with Crippen LogP contribution in [0.5, 0.6) is 0 Å². The molecule has 0 aliphatic heterocycles. The van der Waals surface area contributed by atoms with Gasteiger partial charge in [-0.05, 0) is 86.7 Å². The van der Waals surface area contributed by atoms with Crippen molar-refractivity contribution in [2.75, 3.05) is 12.3 Å². The van der Waals surface area contributed by atoms with Gasteiger partial charge in [0.1, 0.15) is 11.5 Å². The molecular formula is C19H27N3O. The molecule has 1 aromatic heterocycles. The number of nitrogen functional groups attached to an aromatic ring is 1. The SMILES string of the molecule is Cc1ccc(N)nc1C(=O)NCC1CC2CC3CC(C1)C(C2)C3. The summed E-state index contributed by atoms with van der Waals surface area (Å²) in [7, 11) is 0. The second-order valence-corrected chi connectivity index (χ2v) is 8.14. The van der Waals surface area contributed by atoms with Gasteiger partial charge in [-0.25, -0.2) is 4.98 Å². The molecule has 3 N–H and O–H groups in total. The molecule has 1 heterocycles. The third kappa shape index (κ3) is 2.96. The fraction of sp³-hybridized carbons (Fsp3) is 0.684. The van der Waals surface area contributed by atoms with E-state index in [0.717, 1.165) is 35.8 Å². The van der Waals surface area contributed by atoms with E-state index in [2.05, 4.69) is 10.3 Å². The summed E-state index contributed by atoms with van der Waals surface area (Å²) in [6, 6.07) is 3.60. The van der Waals surface area contributed by atoms with Gasteiger partial charge in [-0.2, -0.15) is 0 Å². The van der Waals surface area contributed by atoms with Crippen LogP contribution in [0.3, 0.4) is 0 Å². The normalized spacial score (nSPS) is 35.1. The van der Waals surface area contributed by atoms with Crippen LogP contribution < -0.4 is 11.1 Å². The van der Waals surface area contributed by atoms with E-state index >= 15 is 0 Å². The number of fused-ring (bicyclic) bond motifs is 2. The molecule has 0 saturated heterocycles. The number of amides is 1. The molecular weight excluding hydrogens is 286 g/mol. The van der Waals surface area contributed by atoms with Gasteiger partial charge >= 0.3 is 0 Å². The highest BCUT2D eigenvalue weighted by Crippen LogP contribution is 2.54. The largest absolute Gasteiger partial charge is 0.384 e. The molecule has 4 nitrogen and oxygen atoms in total. The number of nitrogens with zero attached hydrogens (tertiary/aromatic N) is 1. The van der Waals surface area contributed by atoms with Gasteiger partial charge in [0.15, 0.2) is 0 Å². The first kappa shape index (κ1) is 15.0. The van der Waals surface area contributed by atoms with Crippen LogP contribution in [-0.2, 0) is 0 Å². The lowest BCUT2D eigenvalue weighted by molar-refractivity contribution is 0.0936. The fourth-order valence-electron chi connectivity index (χ4n) is 5.55. The zero-order chi connectivity index (χ0) is 16.0. The van der Waals surface area contributed by atoms with Crippen LogP contribution in [0.15, 0.2) is 12.1 Å². The first-order chi connectivity index (χ1) is 11.1. The fourth-order valence-corrected chi connectivity index (χ4v) is 5.55. The van der Waals surface area contributed by atoms with Crippen molar-refractivity contribution in [3.63, 3.8) is 0 Å². The molecule has 3 bridgehead atoms. The third-order valence-electron chi connectivity index (χ3n) is 6.43. The molecule has 23 heavy (non-hydrogen) atoms. The van der Waals surface area contributed by atoms with Crippen molar-refractivity contribution in [2.45, 2.75) is 45.4 Å². The average Bonchev–Trinajstić information content (AvgIpc) is 2.73. The number of nitrogens with two attached hydrogens (primary N) is 1. The van der Waals surface area contributed by atoms with Crippen molar-refractivity contribution in [1.29, 1.82) is 0 Å². The summed E-state index contributed by atoms with van der Waals surface area (Å²) >= 11 is 0. The quantitative estimate of drug-likeness (QED) is 0.900. The maximum Gasteiger partial charge on any atom is 0.270 e. The van der Waals surface area contributed by atoms with Gasteiger partial charge in [-0.15, -0.1) is 0 Å². The minimum atomic E-state index is -0.0755. The standard InChI is InChI=1S/C19H27N3O/c1-11-2-3-17(20)22-18(11)19(23)21-10-14-5-12-4-13-7-15(6-12)16(8-13)9-14/h2-3,12-16H,4-10H2,1H3,(H2,20,22)(H,21,23). The molecule has 0 spiro atoms. The van der Waals surface area contributed by atoms with Crippen molar-refractivity contribution >= 4 is 11.7 Å². The van der Waals surface area contributed by atoms with Crippen LogP contribution in [0, 0.1) is 36.5 Å². The van der Waals surface area contributed by atoms with E-state index in [1.807, 2.05) is 13.0 Å². The lowest BCUT2D eigenvalue weighted by Crippen LogP contribution is -2.32. The molecule has 0 aromatic carbocycles. The molecule has 3 aliphatic carbocycles. The molecule has 5 atom stereocenters. The number of aryl methyl sites for hydroxylation is 1. The molecule has 1 amide bonds. The van der Waals surface area contributed by atoms with E-state index in [4.69, 9.17) is 5.73 Å². The third-order valence-corrected chi connectivity index (χ3v) is 6.43. The van der Waals surface area contributed by atoms with Gasteiger partial charge in [-0.3, -0.25) is 4.79 Å². The number of hydrogen-bond acceptors (Lipinski definition) is 3. The van der Waals surface area contributed by atoms with E-state index in [1.165, 1.54) is 38.5 Å². The van der Waals surface area contributed by atoms with Gasteiger partial charge in [-0.1, -0.05) is 6.07 Å². The summed E-state index contributed by atoms with van der Waals surface area (Å²) in [6.45, 7) is 2.70. The summed E-state index contributed by atoms with van der Waals surface area (Å²) in [6.07, 6.45) is 8.41. The summed E-state index contributed by atoms with van der Waals surface area (Å²) in [5.41, 5.74) is 7.07. The predicted octanol–water partition coefficient (Wildman–Crippen LogP) is 3.16. The first-order valence-corrected chi connectivity index (χ1v) is 9.09. The monoisotopic (exact) mass is 313 g/mol. The van der Waals surface area contributed by atoms with E-state index in [1.54, 1.807) is 6.07 Å². The van der Waals surface area contributed by atoms with Crippen LogP contribution in [0.2, 0.25) is 0 Å². The highest BCUT2D eigenvalue weighted by atomic mass is 16.1. The first-order valence-electron chi connectivity index (χ1n) is 9.09. The van der Waals surface area contributed by atoms with Crippen LogP contribution >= 0.6 is 0 Å². The number of hydrogen-bond donors (Lipinski definition) is 2. The van der Waals surface area contributed by atoms with Gasteiger partial charge in [0.2, 0.25) is 0 Å². The zero-order valence-electron chi connectivity index (χ0n) is 13.9. The maximum atomic E-state index is 12.4. The Morgan fingerprint density at radius 1 is 1.13 bits per heavy atom. The molecule has 0 radical (unpaired) electrons. The molecule has 3 aliphatic rings. The minimum Gasteiger partial charge on any atom is -0.384 e. The molecule has 1 aromatic rings. The van der Waals surface area contributed by atoms with Gasteiger partial charge in [0, 0.05) is 6.54 Å². The second-order valence-electron chi connectivity index (χ2n) is 8.14. The van der Waals surface area contributed by atoms with Gasteiger partial charge in [0.25, 0.3) is 5.91 Å². The van der Waals surface area contributed by atoms with Crippen molar-refractivity contribution in [3.05, 3.63) is 23.4 Å². The second kappa shape index (κ2) is 5.81. The van der Waals surface area contributed by atoms with Crippen molar-refractivity contribution < 1.29 is 4.79 Å². The molecule has 124 valence electrons. The topological polar surface area (TPSA) is 68.0 Å². The number of anilines is 1. The smallest absolute Gasteiger partial charge is 0.270 e. The Hall–Kier alpha value is -1.58. The zero-order valence-corrected chi connectivity index (χ0v) is 13.9. The van der Waals surface area contributed by atoms with E-state index in [0.29, 0.717) is 17.4 Å². The average molecular weight is 313 g/mol. The number of carbonyl (C=O) groups is 1. The number of rotatable bonds is 3. The molecule has 3 saturated carbocycles. The molecule has 5 unspecified atom stereocenters. The van der Waals surface area contributed by atoms with Gasteiger partial charge < -0.3 is 11.1 Å². The Labute approximate surface area is 138 Å². The van der Waals surface area contributed by atoms with Crippen LogP contribution in [-0.4, -0.2) is 17.4 Å². The summed E-state index contributed by atoms with van der Waals surface area (Å²) in [4.78, 5) is 16.6. The number of aromatic nitrogens is 1. The Kier molecular flexibility index (Phi) is 3.78. The van der Waals surface area contributed by atoms with Crippen molar-refractivity contribution in [2.24, 2.45) is 29.6 Å². The number of pyridine rings is 1. The van der Waals surface area contributed by atoms with Crippen LogP contribution in [0.25, 0.3) is 0 Å². The Morgan fingerprint density at radius 2 is 1.83 bits per heavy atom. The van der Waals surface area contributed by atoms with Gasteiger partial charge in [0.05, 0.1) is 0 Å². The Morgan fingerprint density at radius 3 is 2.61 bits per heavy atom. The molecule has 3 fully saturated rings. The lowest BCUT2D eigenvalue weighted by Gasteiger charge is -2.28. The summed E-state index contributed by atoms with van der Waals surface area (Å²) < 4.78 is 0. The van der Waals surface area contributed by atoms with Crippen molar-refractivity contribution in [3.8, 4) is 0 Å². The Bertz CT molecular complexity index is 613. The predicted molar refractivity (Wildman–Crippen MR) is 90.9 cm³/mol. The van der Waals surface area contributed by atoms with E-state index in [-0.39, 0.29) is 5.91 Å². The number of carbonyl (C=O) groups excluding carboxylic acids is 1.